The van der Waals surface area contributed by atoms with Gasteiger partial charge in [0.2, 0.25) is 0 Å². The maximum atomic E-state index is 11.9. The summed E-state index contributed by atoms with van der Waals surface area (Å²) in [5, 5.41) is 3.50. The molecule has 5 heteroatoms. The van der Waals surface area contributed by atoms with E-state index in [0.717, 1.165) is 25.1 Å². The van der Waals surface area contributed by atoms with Crippen molar-refractivity contribution >= 4 is 15.5 Å². The summed E-state index contributed by atoms with van der Waals surface area (Å²) in [7, 11) is -3.14. The van der Waals surface area contributed by atoms with Gasteiger partial charge in [0.05, 0.1) is 16.8 Å². The fraction of sp³-hybridized carbons (Fsp3) is 0.368. The topological polar surface area (TPSA) is 55.4 Å². The van der Waals surface area contributed by atoms with Crippen LogP contribution >= 0.6 is 0 Å². The van der Waals surface area contributed by atoms with Gasteiger partial charge in [0.1, 0.15) is 0 Å². The van der Waals surface area contributed by atoms with Gasteiger partial charge in [-0.3, -0.25) is 0 Å². The van der Waals surface area contributed by atoms with Crippen molar-refractivity contribution in [1.82, 2.24) is 0 Å². The molecule has 1 aliphatic rings. The molecule has 4 nitrogen and oxygen atoms in total. The first-order valence-corrected chi connectivity index (χ1v) is 9.99. The van der Waals surface area contributed by atoms with Crippen LogP contribution in [0.2, 0.25) is 0 Å². The quantitative estimate of drug-likeness (QED) is 0.895. The SMILES string of the molecule is CCS(=O)(=O)c1ccc(NC2CCOC(c3ccccc3)C2)cc1. The molecule has 1 fully saturated rings. The molecule has 1 saturated heterocycles. The Morgan fingerprint density at radius 3 is 2.46 bits per heavy atom. The van der Waals surface area contributed by atoms with Crippen LogP contribution < -0.4 is 5.32 Å². The average molecular weight is 345 g/mol. The first-order chi connectivity index (χ1) is 11.6. The lowest BCUT2D eigenvalue weighted by molar-refractivity contribution is 0.00980. The molecule has 0 radical (unpaired) electrons. The second kappa shape index (κ2) is 7.36. The van der Waals surface area contributed by atoms with Gasteiger partial charge in [-0.1, -0.05) is 37.3 Å². The molecule has 0 aliphatic carbocycles. The first kappa shape index (κ1) is 17.0. The van der Waals surface area contributed by atoms with Crippen LogP contribution in [-0.2, 0) is 14.6 Å². The van der Waals surface area contributed by atoms with E-state index in [2.05, 4.69) is 17.4 Å². The minimum absolute atomic E-state index is 0.109. The third kappa shape index (κ3) is 3.97. The first-order valence-electron chi connectivity index (χ1n) is 8.34. The van der Waals surface area contributed by atoms with Crippen LogP contribution in [-0.4, -0.2) is 26.8 Å². The van der Waals surface area contributed by atoms with Gasteiger partial charge in [0.15, 0.2) is 9.84 Å². The predicted molar refractivity (Wildman–Crippen MR) is 95.9 cm³/mol. The van der Waals surface area contributed by atoms with Crippen molar-refractivity contribution in [3.05, 3.63) is 60.2 Å². The largest absolute Gasteiger partial charge is 0.382 e. The Morgan fingerprint density at radius 2 is 1.79 bits per heavy atom. The van der Waals surface area contributed by atoms with Crippen molar-refractivity contribution in [2.75, 3.05) is 17.7 Å². The summed E-state index contributed by atoms with van der Waals surface area (Å²) in [4.78, 5) is 0.379. The molecule has 2 aromatic carbocycles. The fourth-order valence-corrected chi connectivity index (χ4v) is 3.87. The zero-order valence-corrected chi connectivity index (χ0v) is 14.6. The smallest absolute Gasteiger partial charge is 0.178 e. The van der Waals surface area contributed by atoms with Gasteiger partial charge in [0, 0.05) is 18.3 Å². The van der Waals surface area contributed by atoms with Crippen LogP contribution in [0, 0.1) is 0 Å². The van der Waals surface area contributed by atoms with Crippen molar-refractivity contribution in [1.29, 1.82) is 0 Å². The molecule has 2 atom stereocenters. The van der Waals surface area contributed by atoms with Crippen molar-refractivity contribution in [3.8, 4) is 0 Å². The lowest BCUT2D eigenvalue weighted by Crippen LogP contribution is -2.30. The number of ether oxygens (including phenoxy) is 1. The van der Waals surface area contributed by atoms with Crippen molar-refractivity contribution in [3.63, 3.8) is 0 Å². The van der Waals surface area contributed by atoms with E-state index in [0.29, 0.717) is 10.9 Å². The Hall–Kier alpha value is -1.85. The summed E-state index contributed by atoms with van der Waals surface area (Å²) in [6, 6.07) is 17.6. The number of rotatable bonds is 5. The number of benzene rings is 2. The van der Waals surface area contributed by atoms with E-state index in [1.54, 1.807) is 19.1 Å². The lowest BCUT2D eigenvalue weighted by atomic mass is 9.97. The van der Waals surface area contributed by atoms with Gasteiger partial charge in [-0.25, -0.2) is 8.42 Å². The average Bonchev–Trinajstić information content (AvgIpc) is 2.63. The monoisotopic (exact) mass is 345 g/mol. The van der Waals surface area contributed by atoms with Crippen LogP contribution in [0.15, 0.2) is 59.5 Å². The third-order valence-corrected chi connectivity index (χ3v) is 6.17. The second-order valence-electron chi connectivity index (χ2n) is 6.06. The van der Waals surface area contributed by atoms with Crippen LogP contribution in [0.5, 0.6) is 0 Å². The van der Waals surface area contributed by atoms with E-state index in [1.165, 1.54) is 5.56 Å². The molecule has 3 rings (SSSR count). The zero-order chi connectivity index (χ0) is 17.0. The molecule has 24 heavy (non-hydrogen) atoms. The lowest BCUT2D eigenvalue weighted by Gasteiger charge is -2.31. The van der Waals surface area contributed by atoms with E-state index in [4.69, 9.17) is 4.74 Å². The molecule has 1 N–H and O–H groups in total. The number of hydrogen-bond acceptors (Lipinski definition) is 4. The second-order valence-corrected chi connectivity index (χ2v) is 8.34. The standard InChI is InChI=1S/C19H23NO3S/c1-2-24(21,22)18-10-8-16(9-11-18)20-17-12-13-23-19(14-17)15-6-4-3-5-7-15/h3-11,17,19-20H,2,12-14H2,1H3. The number of sulfone groups is 1. The van der Waals surface area contributed by atoms with Crippen LogP contribution in [0.1, 0.15) is 31.4 Å². The molecule has 0 saturated carbocycles. The minimum atomic E-state index is -3.14. The number of anilines is 1. The fourth-order valence-electron chi connectivity index (χ4n) is 2.99. The summed E-state index contributed by atoms with van der Waals surface area (Å²) < 4.78 is 29.6. The van der Waals surface area contributed by atoms with E-state index in [1.807, 2.05) is 30.3 Å². The maximum absolute atomic E-state index is 11.9. The molecule has 2 unspecified atom stereocenters. The highest BCUT2D eigenvalue weighted by atomic mass is 32.2. The third-order valence-electron chi connectivity index (χ3n) is 4.42. The Bertz CT molecular complexity index is 757. The van der Waals surface area contributed by atoms with Crippen molar-refractivity contribution in [2.45, 2.75) is 36.8 Å². The summed E-state index contributed by atoms with van der Waals surface area (Å²) in [6.45, 7) is 2.38. The van der Waals surface area contributed by atoms with Crippen molar-refractivity contribution in [2.24, 2.45) is 0 Å². The van der Waals surface area contributed by atoms with Gasteiger partial charge in [-0.2, -0.15) is 0 Å². The molecule has 0 bridgehead atoms. The van der Waals surface area contributed by atoms with E-state index < -0.39 is 9.84 Å². The molecular formula is C19H23NO3S. The Balaban J connectivity index is 1.65. The van der Waals surface area contributed by atoms with Crippen LogP contribution in [0.4, 0.5) is 5.69 Å². The van der Waals surface area contributed by atoms with Crippen LogP contribution in [0.25, 0.3) is 0 Å². The summed E-state index contributed by atoms with van der Waals surface area (Å²) in [5.74, 6) is 0.124. The summed E-state index contributed by atoms with van der Waals surface area (Å²) in [6.07, 6.45) is 1.95. The molecule has 1 heterocycles. The molecule has 0 aromatic heterocycles. The number of hydrogen-bond donors (Lipinski definition) is 1. The zero-order valence-electron chi connectivity index (χ0n) is 13.8. The summed E-state index contributed by atoms with van der Waals surface area (Å²) >= 11 is 0. The number of nitrogens with one attached hydrogen (secondary N) is 1. The predicted octanol–water partition coefficient (Wildman–Crippen LogP) is 3.81. The molecule has 0 spiro atoms. The molecular weight excluding hydrogens is 322 g/mol. The van der Waals surface area contributed by atoms with Gasteiger partial charge >= 0.3 is 0 Å². The van der Waals surface area contributed by atoms with E-state index >= 15 is 0 Å². The van der Waals surface area contributed by atoms with E-state index in [-0.39, 0.29) is 11.9 Å². The molecule has 1 aliphatic heterocycles. The Kier molecular flexibility index (Phi) is 5.21. The highest BCUT2D eigenvalue weighted by molar-refractivity contribution is 7.91. The van der Waals surface area contributed by atoms with Gasteiger partial charge in [-0.05, 0) is 42.7 Å². The maximum Gasteiger partial charge on any atom is 0.178 e. The summed E-state index contributed by atoms with van der Waals surface area (Å²) in [5.41, 5.74) is 2.15. The minimum Gasteiger partial charge on any atom is -0.382 e. The molecule has 0 amide bonds. The Morgan fingerprint density at radius 1 is 1.08 bits per heavy atom. The van der Waals surface area contributed by atoms with Gasteiger partial charge in [-0.15, -0.1) is 0 Å². The van der Waals surface area contributed by atoms with Gasteiger partial charge < -0.3 is 10.1 Å². The highest BCUT2D eigenvalue weighted by Gasteiger charge is 2.23. The van der Waals surface area contributed by atoms with E-state index in [9.17, 15) is 8.42 Å². The molecule has 128 valence electrons. The van der Waals surface area contributed by atoms with Crippen molar-refractivity contribution < 1.29 is 13.2 Å². The normalized spacial score (nSPS) is 21.4. The van der Waals surface area contributed by atoms with Crippen LogP contribution in [0.3, 0.4) is 0 Å². The highest BCUT2D eigenvalue weighted by Crippen LogP contribution is 2.29. The molecule has 2 aromatic rings. The van der Waals surface area contributed by atoms with Gasteiger partial charge in [0.25, 0.3) is 0 Å². The Labute approximate surface area is 143 Å².